The standard InChI is InChI=1S/C16H15N3O/c17-15-9-5-4-6-13(15)12-20-16-10-11-19(18-16)14-7-2-1-3-8-14/h1-11H,12,17H2. The number of ether oxygens (including phenoxy) is 1. The highest BCUT2D eigenvalue weighted by molar-refractivity contribution is 5.46. The van der Waals surface area contributed by atoms with Crippen LogP contribution in [0.5, 0.6) is 5.88 Å². The molecule has 20 heavy (non-hydrogen) atoms. The van der Waals surface area contributed by atoms with Crippen molar-refractivity contribution in [1.29, 1.82) is 0 Å². The van der Waals surface area contributed by atoms with E-state index in [1.807, 2.05) is 66.9 Å². The molecule has 0 radical (unpaired) electrons. The minimum Gasteiger partial charge on any atom is -0.472 e. The van der Waals surface area contributed by atoms with Crippen molar-refractivity contribution >= 4 is 5.69 Å². The van der Waals surface area contributed by atoms with Crippen LogP contribution in [0.25, 0.3) is 5.69 Å². The molecule has 0 aliphatic carbocycles. The Morgan fingerprint density at radius 2 is 1.70 bits per heavy atom. The summed E-state index contributed by atoms with van der Waals surface area (Å²) in [5.41, 5.74) is 8.57. The van der Waals surface area contributed by atoms with Crippen LogP contribution in [-0.2, 0) is 6.61 Å². The molecule has 0 bridgehead atoms. The zero-order chi connectivity index (χ0) is 13.8. The van der Waals surface area contributed by atoms with Gasteiger partial charge in [0.05, 0.1) is 5.69 Å². The first kappa shape index (κ1) is 12.3. The maximum atomic E-state index is 5.88. The van der Waals surface area contributed by atoms with E-state index in [0.717, 1.165) is 16.9 Å². The van der Waals surface area contributed by atoms with Gasteiger partial charge in [0.25, 0.3) is 0 Å². The van der Waals surface area contributed by atoms with Gasteiger partial charge in [-0.25, -0.2) is 4.68 Å². The van der Waals surface area contributed by atoms with Crippen molar-refractivity contribution in [1.82, 2.24) is 9.78 Å². The summed E-state index contributed by atoms with van der Waals surface area (Å²) in [4.78, 5) is 0. The number of aromatic nitrogens is 2. The number of para-hydroxylation sites is 2. The van der Waals surface area contributed by atoms with Gasteiger partial charge in [-0.05, 0) is 18.2 Å². The summed E-state index contributed by atoms with van der Waals surface area (Å²) in [6.45, 7) is 0.415. The van der Waals surface area contributed by atoms with Crippen LogP contribution in [0.2, 0.25) is 0 Å². The Morgan fingerprint density at radius 3 is 2.50 bits per heavy atom. The van der Waals surface area contributed by atoms with Gasteiger partial charge in [0.2, 0.25) is 5.88 Å². The van der Waals surface area contributed by atoms with Crippen LogP contribution in [0.4, 0.5) is 5.69 Å². The summed E-state index contributed by atoms with van der Waals surface area (Å²) in [5, 5.41) is 4.38. The third-order valence-electron chi connectivity index (χ3n) is 3.02. The largest absolute Gasteiger partial charge is 0.472 e. The monoisotopic (exact) mass is 265 g/mol. The topological polar surface area (TPSA) is 53.1 Å². The lowest BCUT2D eigenvalue weighted by Crippen LogP contribution is -2.01. The van der Waals surface area contributed by atoms with Crippen molar-refractivity contribution in [3.8, 4) is 11.6 Å². The number of rotatable bonds is 4. The molecule has 0 atom stereocenters. The van der Waals surface area contributed by atoms with E-state index < -0.39 is 0 Å². The predicted octanol–water partition coefficient (Wildman–Crippen LogP) is 3.03. The molecular formula is C16H15N3O. The van der Waals surface area contributed by atoms with Crippen molar-refractivity contribution in [2.24, 2.45) is 0 Å². The highest BCUT2D eigenvalue weighted by atomic mass is 16.5. The van der Waals surface area contributed by atoms with Crippen LogP contribution >= 0.6 is 0 Å². The minimum absolute atomic E-state index is 0.415. The maximum absolute atomic E-state index is 5.88. The van der Waals surface area contributed by atoms with E-state index in [2.05, 4.69) is 5.10 Å². The lowest BCUT2D eigenvalue weighted by atomic mass is 10.2. The van der Waals surface area contributed by atoms with Crippen molar-refractivity contribution in [3.63, 3.8) is 0 Å². The Morgan fingerprint density at radius 1 is 0.950 bits per heavy atom. The second-order valence-electron chi connectivity index (χ2n) is 4.42. The molecule has 0 aliphatic rings. The highest BCUT2D eigenvalue weighted by Crippen LogP contribution is 2.16. The molecule has 0 spiro atoms. The first-order valence-electron chi connectivity index (χ1n) is 6.40. The van der Waals surface area contributed by atoms with E-state index in [0.29, 0.717) is 12.5 Å². The molecule has 0 unspecified atom stereocenters. The van der Waals surface area contributed by atoms with Gasteiger partial charge in [-0.3, -0.25) is 0 Å². The average Bonchev–Trinajstić information content (AvgIpc) is 2.96. The molecule has 3 aromatic rings. The first-order valence-corrected chi connectivity index (χ1v) is 6.40. The number of nitrogen functional groups attached to an aromatic ring is 1. The molecule has 2 N–H and O–H groups in total. The van der Waals surface area contributed by atoms with Gasteiger partial charge in [-0.15, -0.1) is 5.10 Å². The third kappa shape index (κ3) is 2.64. The molecule has 4 nitrogen and oxygen atoms in total. The fraction of sp³-hybridized carbons (Fsp3) is 0.0625. The summed E-state index contributed by atoms with van der Waals surface area (Å²) in [6, 6.07) is 19.4. The predicted molar refractivity (Wildman–Crippen MR) is 78.8 cm³/mol. The van der Waals surface area contributed by atoms with Crippen molar-refractivity contribution < 1.29 is 4.74 Å². The van der Waals surface area contributed by atoms with Crippen LogP contribution in [0, 0.1) is 0 Å². The second-order valence-corrected chi connectivity index (χ2v) is 4.42. The van der Waals surface area contributed by atoms with Crippen LogP contribution in [0.15, 0.2) is 66.9 Å². The van der Waals surface area contributed by atoms with Crippen molar-refractivity contribution in [3.05, 3.63) is 72.4 Å². The Labute approximate surface area is 117 Å². The second kappa shape index (κ2) is 5.48. The molecule has 0 fully saturated rings. The number of nitrogens with zero attached hydrogens (tertiary/aromatic N) is 2. The molecule has 1 aromatic heterocycles. The van der Waals surface area contributed by atoms with Gasteiger partial charge >= 0.3 is 0 Å². The summed E-state index contributed by atoms with van der Waals surface area (Å²) in [5.74, 6) is 0.581. The van der Waals surface area contributed by atoms with E-state index in [4.69, 9.17) is 10.5 Å². The summed E-state index contributed by atoms with van der Waals surface area (Å²) >= 11 is 0. The van der Waals surface area contributed by atoms with E-state index >= 15 is 0 Å². The van der Waals surface area contributed by atoms with E-state index in [1.54, 1.807) is 4.68 Å². The molecule has 0 amide bonds. The minimum atomic E-state index is 0.415. The molecular weight excluding hydrogens is 250 g/mol. The molecule has 0 saturated heterocycles. The van der Waals surface area contributed by atoms with Gasteiger partial charge in [-0.2, -0.15) is 0 Å². The van der Waals surface area contributed by atoms with Crippen LogP contribution in [0.1, 0.15) is 5.56 Å². The number of hydrogen-bond acceptors (Lipinski definition) is 3. The number of benzene rings is 2. The number of nitrogens with two attached hydrogens (primary N) is 1. The zero-order valence-electron chi connectivity index (χ0n) is 10.9. The average molecular weight is 265 g/mol. The van der Waals surface area contributed by atoms with Gasteiger partial charge in [0, 0.05) is 23.5 Å². The van der Waals surface area contributed by atoms with Crippen LogP contribution in [0.3, 0.4) is 0 Å². The molecule has 4 heteroatoms. The van der Waals surface area contributed by atoms with Crippen molar-refractivity contribution in [2.45, 2.75) is 6.61 Å². The Bertz CT molecular complexity index is 692. The molecule has 0 saturated carbocycles. The molecule has 2 aromatic carbocycles. The van der Waals surface area contributed by atoms with Gasteiger partial charge in [-0.1, -0.05) is 36.4 Å². The highest BCUT2D eigenvalue weighted by Gasteiger charge is 2.03. The molecule has 1 heterocycles. The molecule has 0 aliphatic heterocycles. The van der Waals surface area contributed by atoms with E-state index in [1.165, 1.54) is 0 Å². The SMILES string of the molecule is Nc1ccccc1COc1ccn(-c2ccccc2)n1. The molecule has 100 valence electrons. The van der Waals surface area contributed by atoms with Gasteiger partial charge in [0.1, 0.15) is 6.61 Å². The lowest BCUT2D eigenvalue weighted by molar-refractivity contribution is 0.292. The van der Waals surface area contributed by atoms with Gasteiger partial charge in [0.15, 0.2) is 0 Å². The summed E-state index contributed by atoms with van der Waals surface area (Å²) < 4.78 is 7.44. The molecule has 3 rings (SSSR count). The maximum Gasteiger partial charge on any atom is 0.233 e. The van der Waals surface area contributed by atoms with Gasteiger partial charge < -0.3 is 10.5 Å². The van der Waals surface area contributed by atoms with Crippen LogP contribution < -0.4 is 10.5 Å². The fourth-order valence-corrected chi connectivity index (χ4v) is 1.93. The lowest BCUT2D eigenvalue weighted by Gasteiger charge is -2.05. The fourth-order valence-electron chi connectivity index (χ4n) is 1.93. The van der Waals surface area contributed by atoms with E-state index in [9.17, 15) is 0 Å². The summed E-state index contributed by atoms with van der Waals surface area (Å²) in [6.07, 6.45) is 1.87. The Balaban J connectivity index is 1.71. The van der Waals surface area contributed by atoms with E-state index in [-0.39, 0.29) is 0 Å². The zero-order valence-corrected chi connectivity index (χ0v) is 10.9. The normalized spacial score (nSPS) is 10.4. The number of anilines is 1. The van der Waals surface area contributed by atoms with Crippen LogP contribution in [-0.4, -0.2) is 9.78 Å². The Kier molecular flexibility index (Phi) is 3.37. The smallest absolute Gasteiger partial charge is 0.233 e. The number of hydrogen-bond donors (Lipinski definition) is 1. The first-order chi connectivity index (χ1) is 9.83. The summed E-state index contributed by atoms with van der Waals surface area (Å²) in [7, 11) is 0. The quantitative estimate of drug-likeness (QED) is 0.738. The third-order valence-corrected chi connectivity index (χ3v) is 3.02. The van der Waals surface area contributed by atoms with Crippen molar-refractivity contribution in [2.75, 3.05) is 5.73 Å². The Hall–Kier alpha value is -2.75.